The van der Waals surface area contributed by atoms with Crippen LogP contribution in [0.5, 0.6) is 0 Å². The van der Waals surface area contributed by atoms with Crippen LogP contribution in [-0.4, -0.2) is 17.4 Å². The molecule has 0 aliphatic heterocycles. The molecular formula is C16H21N3OS. The highest BCUT2D eigenvalue weighted by Gasteiger charge is 2.09. The van der Waals surface area contributed by atoms with Gasteiger partial charge in [-0.25, -0.2) is 4.98 Å². The van der Waals surface area contributed by atoms with Crippen molar-refractivity contribution in [3.8, 4) is 0 Å². The quantitative estimate of drug-likeness (QED) is 0.889. The van der Waals surface area contributed by atoms with Gasteiger partial charge in [0.15, 0.2) is 0 Å². The summed E-state index contributed by atoms with van der Waals surface area (Å²) in [6.07, 6.45) is 0. The Morgan fingerprint density at radius 1 is 1.29 bits per heavy atom. The van der Waals surface area contributed by atoms with Gasteiger partial charge in [-0.05, 0) is 45.4 Å². The minimum absolute atomic E-state index is 0.0367. The third-order valence-electron chi connectivity index (χ3n) is 3.28. The molecule has 1 amide bonds. The van der Waals surface area contributed by atoms with Crippen molar-refractivity contribution in [1.82, 2.24) is 10.3 Å². The van der Waals surface area contributed by atoms with Crippen molar-refractivity contribution < 1.29 is 4.79 Å². The number of amides is 1. The number of thiazole rings is 1. The average molecular weight is 303 g/mol. The minimum atomic E-state index is -0.0367. The molecule has 1 aromatic heterocycles. The van der Waals surface area contributed by atoms with Gasteiger partial charge in [0.1, 0.15) is 0 Å². The highest BCUT2D eigenvalue weighted by Crippen LogP contribution is 2.21. The van der Waals surface area contributed by atoms with Crippen LogP contribution < -0.4 is 10.6 Å². The molecule has 0 unspecified atom stereocenters. The highest BCUT2D eigenvalue weighted by atomic mass is 32.1. The van der Waals surface area contributed by atoms with Crippen molar-refractivity contribution in [2.24, 2.45) is 0 Å². The first kappa shape index (κ1) is 15.5. The predicted molar refractivity (Wildman–Crippen MR) is 88.1 cm³/mol. The van der Waals surface area contributed by atoms with Gasteiger partial charge >= 0.3 is 0 Å². The standard InChI is InChI=1S/C16H21N3OS/c1-5-17-16(20)13-7-6-10(2)14(8-13)18-9-15-11(3)19-12(4)21-15/h6-8,18H,5,9H2,1-4H3,(H,17,20). The summed E-state index contributed by atoms with van der Waals surface area (Å²) in [5.41, 5.74) is 3.87. The molecule has 2 aromatic rings. The lowest BCUT2D eigenvalue weighted by Crippen LogP contribution is -2.22. The van der Waals surface area contributed by atoms with E-state index in [1.807, 2.05) is 45.9 Å². The predicted octanol–water partition coefficient (Wildman–Crippen LogP) is 3.43. The summed E-state index contributed by atoms with van der Waals surface area (Å²) in [6.45, 7) is 9.36. The van der Waals surface area contributed by atoms with Crippen molar-refractivity contribution in [2.45, 2.75) is 34.2 Å². The molecule has 0 spiro atoms. The number of carbonyl (C=O) groups is 1. The van der Waals surface area contributed by atoms with Gasteiger partial charge in [-0.1, -0.05) is 6.07 Å². The second-order valence-corrected chi connectivity index (χ2v) is 6.27. The fraction of sp³-hybridized carbons (Fsp3) is 0.375. The number of rotatable bonds is 5. The van der Waals surface area contributed by atoms with Crippen LogP contribution in [0.4, 0.5) is 5.69 Å². The van der Waals surface area contributed by atoms with Gasteiger partial charge in [-0.15, -0.1) is 11.3 Å². The van der Waals surface area contributed by atoms with Crippen molar-refractivity contribution in [1.29, 1.82) is 0 Å². The molecule has 0 atom stereocenters. The fourth-order valence-corrected chi connectivity index (χ4v) is 3.01. The van der Waals surface area contributed by atoms with E-state index in [0.717, 1.165) is 28.5 Å². The van der Waals surface area contributed by atoms with Gasteiger partial charge in [-0.2, -0.15) is 0 Å². The van der Waals surface area contributed by atoms with Gasteiger partial charge in [0.2, 0.25) is 0 Å². The fourth-order valence-electron chi connectivity index (χ4n) is 2.13. The molecule has 112 valence electrons. The highest BCUT2D eigenvalue weighted by molar-refractivity contribution is 7.11. The molecule has 0 aliphatic rings. The van der Waals surface area contributed by atoms with Crippen LogP contribution in [0.3, 0.4) is 0 Å². The molecule has 0 saturated carbocycles. The number of nitrogens with one attached hydrogen (secondary N) is 2. The van der Waals surface area contributed by atoms with Crippen LogP contribution in [0.2, 0.25) is 0 Å². The van der Waals surface area contributed by atoms with Crippen LogP contribution in [0.1, 0.15) is 38.4 Å². The molecule has 2 rings (SSSR count). The molecule has 2 N–H and O–H groups in total. The number of carbonyl (C=O) groups excluding carboxylic acids is 1. The van der Waals surface area contributed by atoms with E-state index in [2.05, 4.69) is 15.6 Å². The minimum Gasteiger partial charge on any atom is -0.380 e. The van der Waals surface area contributed by atoms with Gasteiger partial charge in [0.05, 0.1) is 17.2 Å². The average Bonchev–Trinajstić information content (AvgIpc) is 2.76. The maximum absolute atomic E-state index is 11.9. The number of nitrogens with zero attached hydrogens (tertiary/aromatic N) is 1. The molecule has 0 bridgehead atoms. The number of hydrogen-bond acceptors (Lipinski definition) is 4. The Hall–Kier alpha value is -1.88. The van der Waals surface area contributed by atoms with E-state index in [1.165, 1.54) is 4.88 Å². The lowest BCUT2D eigenvalue weighted by Gasteiger charge is -2.11. The van der Waals surface area contributed by atoms with Gasteiger partial charge in [-0.3, -0.25) is 4.79 Å². The molecule has 1 aromatic carbocycles. The van der Waals surface area contributed by atoms with Crippen molar-refractivity contribution in [3.05, 3.63) is 44.9 Å². The summed E-state index contributed by atoms with van der Waals surface area (Å²) in [7, 11) is 0. The van der Waals surface area contributed by atoms with Crippen molar-refractivity contribution in [2.75, 3.05) is 11.9 Å². The maximum Gasteiger partial charge on any atom is 0.251 e. The lowest BCUT2D eigenvalue weighted by atomic mass is 10.1. The second kappa shape index (κ2) is 6.72. The SMILES string of the molecule is CCNC(=O)c1ccc(C)c(NCc2sc(C)nc2C)c1. The van der Waals surface area contributed by atoms with E-state index in [0.29, 0.717) is 12.1 Å². The molecule has 1 heterocycles. The van der Waals surface area contributed by atoms with E-state index in [9.17, 15) is 4.79 Å². The molecule has 0 aliphatic carbocycles. The van der Waals surface area contributed by atoms with Gasteiger partial charge < -0.3 is 10.6 Å². The summed E-state index contributed by atoms with van der Waals surface area (Å²) in [5, 5.41) is 7.31. The van der Waals surface area contributed by atoms with Crippen LogP contribution in [0.15, 0.2) is 18.2 Å². The number of anilines is 1. The zero-order valence-electron chi connectivity index (χ0n) is 12.9. The Morgan fingerprint density at radius 3 is 2.67 bits per heavy atom. The van der Waals surface area contributed by atoms with Gasteiger partial charge in [0.25, 0.3) is 5.91 Å². The van der Waals surface area contributed by atoms with Crippen molar-refractivity contribution in [3.63, 3.8) is 0 Å². The zero-order chi connectivity index (χ0) is 15.4. The van der Waals surface area contributed by atoms with E-state index in [1.54, 1.807) is 11.3 Å². The van der Waals surface area contributed by atoms with Crippen molar-refractivity contribution >= 4 is 22.9 Å². The summed E-state index contributed by atoms with van der Waals surface area (Å²) < 4.78 is 0. The molecule has 5 heteroatoms. The van der Waals surface area contributed by atoms with Crippen LogP contribution >= 0.6 is 11.3 Å². The number of hydrogen-bond donors (Lipinski definition) is 2. The van der Waals surface area contributed by atoms with E-state index < -0.39 is 0 Å². The Labute approximate surface area is 129 Å². The Morgan fingerprint density at radius 2 is 2.05 bits per heavy atom. The summed E-state index contributed by atoms with van der Waals surface area (Å²) in [5.74, 6) is -0.0367. The summed E-state index contributed by atoms with van der Waals surface area (Å²) in [6, 6.07) is 5.73. The number of benzene rings is 1. The zero-order valence-corrected chi connectivity index (χ0v) is 13.7. The molecule has 0 radical (unpaired) electrons. The first-order chi connectivity index (χ1) is 10.0. The van der Waals surface area contributed by atoms with E-state index in [4.69, 9.17) is 0 Å². The topological polar surface area (TPSA) is 54.0 Å². The first-order valence-corrected chi connectivity index (χ1v) is 7.88. The Balaban J connectivity index is 2.14. The van der Waals surface area contributed by atoms with Crippen LogP contribution in [-0.2, 0) is 6.54 Å². The van der Waals surface area contributed by atoms with Crippen LogP contribution in [0, 0.1) is 20.8 Å². The largest absolute Gasteiger partial charge is 0.380 e. The normalized spacial score (nSPS) is 10.5. The summed E-state index contributed by atoms with van der Waals surface area (Å²) in [4.78, 5) is 17.6. The van der Waals surface area contributed by atoms with Crippen LogP contribution in [0.25, 0.3) is 0 Å². The molecule has 0 saturated heterocycles. The third kappa shape index (κ3) is 3.82. The smallest absolute Gasteiger partial charge is 0.251 e. The monoisotopic (exact) mass is 303 g/mol. The van der Waals surface area contributed by atoms with E-state index >= 15 is 0 Å². The molecule has 4 nitrogen and oxygen atoms in total. The number of aryl methyl sites for hydroxylation is 3. The van der Waals surface area contributed by atoms with Gasteiger partial charge in [0, 0.05) is 22.7 Å². The lowest BCUT2D eigenvalue weighted by molar-refractivity contribution is 0.0956. The first-order valence-electron chi connectivity index (χ1n) is 7.07. The molecule has 21 heavy (non-hydrogen) atoms. The van der Waals surface area contributed by atoms with E-state index in [-0.39, 0.29) is 5.91 Å². The third-order valence-corrected chi connectivity index (χ3v) is 4.35. The maximum atomic E-state index is 11.9. The Kier molecular flexibility index (Phi) is 4.96. The number of aromatic nitrogens is 1. The summed E-state index contributed by atoms with van der Waals surface area (Å²) >= 11 is 1.71. The molecule has 0 fully saturated rings. The Bertz CT molecular complexity index is 649. The second-order valence-electron chi connectivity index (χ2n) is 4.98. The molecular weight excluding hydrogens is 282 g/mol.